The fourth-order valence-electron chi connectivity index (χ4n) is 1.48. The molecule has 5 nitrogen and oxygen atoms in total. The number of aromatic nitrogens is 3. The number of nitrogens with one attached hydrogen (secondary N) is 1. The van der Waals surface area contributed by atoms with Crippen molar-refractivity contribution in [3.05, 3.63) is 51.5 Å². The monoisotopic (exact) mass is 296 g/mol. The summed E-state index contributed by atoms with van der Waals surface area (Å²) < 4.78 is 0. The van der Waals surface area contributed by atoms with E-state index < -0.39 is 0 Å². The smallest absolute Gasteiger partial charge is 0.254 e. The van der Waals surface area contributed by atoms with Crippen LogP contribution in [0.3, 0.4) is 0 Å². The van der Waals surface area contributed by atoms with Gasteiger partial charge in [0.15, 0.2) is 10.3 Å². The van der Waals surface area contributed by atoms with Crippen LogP contribution in [0.4, 0.5) is 0 Å². The second kappa shape index (κ2) is 5.95. The van der Waals surface area contributed by atoms with E-state index in [2.05, 4.69) is 20.5 Å². The summed E-state index contributed by atoms with van der Waals surface area (Å²) in [6.45, 7) is 2.19. The maximum absolute atomic E-state index is 11.9. The van der Waals surface area contributed by atoms with E-state index >= 15 is 0 Å². The molecule has 0 aromatic carbocycles. The lowest BCUT2D eigenvalue weighted by molar-refractivity contribution is 0.0950. The summed E-state index contributed by atoms with van der Waals surface area (Å²) >= 11 is 11.5. The summed E-state index contributed by atoms with van der Waals surface area (Å²) in [6, 6.07) is 6.96. The molecule has 0 spiro atoms. The molecule has 7 heteroatoms. The molecule has 0 bridgehead atoms. The zero-order chi connectivity index (χ0) is 13.8. The van der Waals surface area contributed by atoms with E-state index in [1.807, 2.05) is 25.1 Å². The Kier molecular flexibility index (Phi) is 4.29. The van der Waals surface area contributed by atoms with E-state index in [1.165, 1.54) is 6.07 Å². The van der Waals surface area contributed by atoms with E-state index in [-0.39, 0.29) is 21.8 Å². The number of rotatable bonds is 3. The highest BCUT2D eigenvalue weighted by Crippen LogP contribution is 2.15. The molecule has 0 radical (unpaired) electrons. The van der Waals surface area contributed by atoms with Gasteiger partial charge in [0.05, 0.1) is 17.8 Å². The number of carbonyl (C=O) groups excluding carboxylic acids is 1. The average Bonchev–Trinajstić information content (AvgIpc) is 2.39. The van der Waals surface area contributed by atoms with Gasteiger partial charge in [0.1, 0.15) is 0 Å². The first kappa shape index (κ1) is 13.7. The summed E-state index contributed by atoms with van der Waals surface area (Å²) in [6.07, 6.45) is 0. The van der Waals surface area contributed by atoms with Gasteiger partial charge in [0.25, 0.3) is 5.91 Å². The minimum Gasteiger partial charge on any atom is -0.346 e. The van der Waals surface area contributed by atoms with Crippen LogP contribution in [0.1, 0.15) is 21.7 Å². The van der Waals surface area contributed by atoms with Gasteiger partial charge < -0.3 is 5.32 Å². The van der Waals surface area contributed by atoms with Crippen molar-refractivity contribution in [2.45, 2.75) is 13.5 Å². The van der Waals surface area contributed by atoms with Crippen LogP contribution >= 0.6 is 23.2 Å². The van der Waals surface area contributed by atoms with Crippen molar-refractivity contribution in [3.63, 3.8) is 0 Å². The highest BCUT2D eigenvalue weighted by atomic mass is 35.5. The second-order valence-electron chi connectivity index (χ2n) is 3.82. The Bertz CT molecular complexity index is 618. The molecular formula is C12H10Cl2N4O. The zero-order valence-electron chi connectivity index (χ0n) is 10.0. The first-order valence-electron chi connectivity index (χ1n) is 5.45. The Morgan fingerprint density at radius 3 is 2.84 bits per heavy atom. The minimum absolute atomic E-state index is 0.0131. The number of hydrogen-bond donors (Lipinski definition) is 1. The largest absolute Gasteiger partial charge is 0.346 e. The first-order valence-corrected chi connectivity index (χ1v) is 6.21. The molecule has 19 heavy (non-hydrogen) atoms. The molecule has 1 N–H and O–H groups in total. The van der Waals surface area contributed by atoms with Crippen molar-refractivity contribution in [3.8, 4) is 0 Å². The van der Waals surface area contributed by atoms with Crippen LogP contribution in [0.15, 0.2) is 24.3 Å². The second-order valence-corrected chi connectivity index (χ2v) is 4.57. The highest BCUT2D eigenvalue weighted by Gasteiger charge is 2.13. The third kappa shape index (κ3) is 3.62. The number of nitrogens with zero attached hydrogens (tertiary/aromatic N) is 3. The molecule has 98 valence electrons. The van der Waals surface area contributed by atoms with Crippen LogP contribution in [-0.4, -0.2) is 21.1 Å². The molecule has 0 fully saturated rings. The lowest BCUT2D eigenvalue weighted by Gasteiger charge is -2.06. The Morgan fingerprint density at radius 2 is 2.11 bits per heavy atom. The molecule has 0 saturated heterocycles. The van der Waals surface area contributed by atoms with Crippen LogP contribution in [0, 0.1) is 6.92 Å². The van der Waals surface area contributed by atoms with Crippen molar-refractivity contribution >= 4 is 29.1 Å². The van der Waals surface area contributed by atoms with Crippen molar-refractivity contribution < 1.29 is 4.79 Å². The molecule has 2 aromatic heterocycles. The van der Waals surface area contributed by atoms with Crippen molar-refractivity contribution in [1.82, 2.24) is 20.5 Å². The van der Waals surface area contributed by atoms with Gasteiger partial charge in [-0.1, -0.05) is 29.3 Å². The number of halogens is 2. The summed E-state index contributed by atoms with van der Waals surface area (Å²) in [5.41, 5.74) is 1.84. The lowest BCUT2D eigenvalue weighted by atomic mass is 10.2. The van der Waals surface area contributed by atoms with E-state index in [1.54, 1.807) is 0 Å². The number of hydrogen-bond acceptors (Lipinski definition) is 4. The number of pyridine rings is 1. The van der Waals surface area contributed by atoms with Crippen LogP contribution in [0.5, 0.6) is 0 Å². The van der Waals surface area contributed by atoms with Crippen LogP contribution < -0.4 is 5.32 Å². The van der Waals surface area contributed by atoms with Gasteiger partial charge in [-0.15, -0.1) is 10.2 Å². The molecule has 0 saturated carbocycles. The predicted octanol–water partition coefficient (Wildman–Crippen LogP) is 2.42. The Hall–Kier alpha value is -1.72. The van der Waals surface area contributed by atoms with Crippen molar-refractivity contribution in [1.29, 1.82) is 0 Å². The molecule has 0 atom stereocenters. The lowest BCUT2D eigenvalue weighted by Crippen LogP contribution is -2.24. The molecule has 0 aliphatic heterocycles. The van der Waals surface area contributed by atoms with Gasteiger partial charge in [-0.3, -0.25) is 9.78 Å². The summed E-state index contributed by atoms with van der Waals surface area (Å²) in [5.74, 6) is -0.370. The highest BCUT2D eigenvalue weighted by molar-refractivity contribution is 6.34. The number of carbonyl (C=O) groups is 1. The third-order valence-electron chi connectivity index (χ3n) is 2.34. The molecule has 2 rings (SSSR count). The average molecular weight is 297 g/mol. The maximum Gasteiger partial charge on any atom is 0.254 e. The van der Waals surface area contributed by atoms with Crippen LogP contribution in [-0.2, 0) is 6.54 Å². The molecule has 0 aliphatic rings. The van der Waals surface area contributed by atoms with Gasteiger partial charge in [-0.2, -0.15) is 0 Å². The minimum atomic E-state index is -0.370. The molecule has 1 amide bonds. The zero-order valence-corrected chi connectivity index (χ0v) is 11.5. The molecule has 2 aromatic rings. The van der Waals surface area contributed by atoms with Gasteiger partial charge >= 0.3 is 0 Å². The molecule has 0 aliphatic carbocycles. The van der Waals surface area contributed by atoms with Crippen molar-refractivity contribution in [2.24, 2.45) is 0 Å². The first-order chi connectivity index (χ1) is 9.06. The Morgan fingerprint density at radius 1 is 1.32 bits per heavy atom. The van der Waals surface area contributed by atoms with E-state index in [0.717, 1.165) is 11.4 Å². The van der Waals surface area contributed by atoms with Gasteiger partial charge in [0.2, 0.25) is 0 Å². The summed E-state index contributed by atoms with van der Waals surface area (Å²) in [4.78, 5) is 16.2. The van der Waals surface area contributed by atoms with Gasteiger partial charge in [0, 0.05) is 5.69 Å². The van der Waals surface area contributed by atoms with Crippen LogP contribution in [0.2, 0.25) is 10.3 Å². The van der Waals surface area contributed by atoms with E-state index in [0.29, 0.717) is 6.54 Å². The number of aryl methyl sites for hydroxylation is 1. The number of amides is 1. The van der Waals surface area contributed by atoms with Crippen molar-refractivity contribution in [2.75, 3.05) is 0 Å². The SMILES string of the molecule is Cc1cccc(CNC(=O)c2cc(Cl)nnc2Cl)n1. The molecular weight excluding hydrogens is 287 g/mol. The standard InChI is InChI=1S/C12H10Cl2N4O/c1-7-3-2-4-8(16-7)6-15-12(19)9-5-10(13)17-18-11(9)14/h2-5H,6H2,1H3,(H,15,19). The van der Waals surface area contributed by atoms with Gasteiger partial charge in [-0.25, -0.2) is 0 Å². The Balaban J connectivity index is 2.07. The summed E-state index contributed by atoms with van der Waals surface area (Å²) in [5, 5.41) is 9.94. The fourth-order valence-corrected chi connectivity index (χ4v) is 1.80. The fraction of sp³-hybridized carbons (Fsp3) is 0.167. The molecule has 2 heterocycles. The van der Waals surface area contributed by atoms with E-state index in [9.17, 15) is 4.79 Å². The quantitative estimate of drug-likeness (QED) is 0.944. The third-order valence-corrected chi connectivity index (χ3v) is 2.80. The topological polar surface area (TPSA) is 67.8 Å². The predicted molar refractivity (Wildman–Crippen MR) is 72.2 cm³/mol. The Labute approximate surface area is 120 Å². The van der Waals surface area contributed by atoms with E-state index in [4.69, 9.17) is 23.2 Å². The maximum atomic E-state index is 11.9. The molecule has 0 unspecified atom stereocenters. The summed E-state index contributed by atoms with van der Waals surface area (Å²) in [7, 11) is 0. The normalized spacial score (nSPS) is 10.3. The van der Waals surface area contributed by atoms with Crippen LogP contribution in [0.25, 0.3) is 0 Å². The van der Waals surface area contributed by atoms with Gasteiger partial charge in [-0.05, 0) is 25.1 Å².